The summed E-state index contributed by atoms with van der Waals surface area (Å²) in [5, 5.41) is 1.98. The van der Waals surface area contributed by atoms with Gasteiger partial charge in [0.05, 0.1) is 6.04 Å². The number of hydrogen-bond donors (Lipinski definition) is 0. The molecule has 0 N–H and O–H groups in total. The van der Waals surface area contributed by atoms with Crippen molar-refractivity contribution >= 4 is 33.0 Å². The predicted molar refractivity (Wildman–Crippen MR) is 83.6 cm³/mol. The third-order valence-electron chi connectivity index (χ3n) is 3.27. The van der Waals surface area contributed by atoms with Crippen LogP contribution in [-0.2, 0) is 6.54 Å². The van der Waals surface area contributed by atoms with Gasteiger partial charge in [-0.1, -0.05) is 0 Å². The first-order valence-electron chi connectivity index (χ1n) is 6.31. The lowest BCUT2D eigenvalue weighted by Crippen LogP contribution is -2.35. The van der Waals surface area contributed by atoms with Crippen LogP contribution in [0.2, 0.25) is 0 Å². The van der Waals surface area contributed by atoms with Crippen LogP contribution in [0.25, 0.3) is 0 Å². The van der Waals surface area contributed by atoms with Gasteiger partial charge in [-0.3, -0.25) is 9.69 Å². The Hall–Kier alpha value is -1.11. The lowest BCUT2D eigenvalue weighted by atomic mass is 10.0. The highest BCUT2D eigenvalue weighted by Crippen LogP contribution is 2.22. The largest absolute Gasteiger partial charge is 0.292 e. The fourth-order valence-electron chi connectivity index (χ4n) is 1.91. The summed E-state index contributed by atoms with van der Waals surface area (Å²) in [7, 11) is 1.83. The molecule has 2 rings (SSSR count). The van der Waals surface area contributed by atoms with Crippen molar-refractivity contribution < 1.29 is 13.6 Å². The lowest BCUT2D eigenvalue weighted by Gasteiger charge is -2.23. The topological polar surface area (TPSA) is 20.3 Å². The molecule has 112 valence electrons. The first-order chi connectivity index (χ1) is 9.88. The van der Waals surface area contributed by atoms with Crippen LogP contribution in [0.3, 0.4) is 0 Å². The number of likely N-dealkylation sites (N-methyl/N-ethyl adjacent to an activating group) is 1. The van der Waals surface area contributed by atoms with Crippen LogP contribution in [0.15, 0.2) is 34.1 Å². The Balaban J connectivity index is 2.08. The van der Waals surface area contributed by atoms with Crippen LogP contribution in [0.1, 0.15) is 22.2 Å². The number of hydrogen-bond acceptors (Lipinski definition) is 3. The Kier molecular flexibility index (Phi) is 5.24. The third kappa shape index (κ3) is 3.96. The summed E-state index contributed by atoms with van der Waals surface area (Å²) in [5.41, 5.74) is 0.181. The van der Waals surface area contributed by atoms with E-state index >= 15 is 0 Å². The second kappa shape index (κ2) is 6.77. The quantitative estimate of drug-likeness (QED) is 0.719. The number of benzene rings is 1. The number of ketones is 1. The maximum Gasteiger partial charge on any atom is 0.179 e. The number of Topliss-reactive ketones (excluding diaryl/α,β-unsaturated/α-hetero) is 1. The van der Waals surface area contributed by atoms with Gasteiger partial charge >= 0.3 is 0 Å². The summed E-state index contributed by atoms with van der Waals surface area (Å²) in [4.78, 5) is 15.3. The summed E-state index contributed by atoms with van der Waals surface area (Å²) in [6, 6.07) is 4.81. The molecule has 21 heavy (non-hydrogen) atoms. The highest BCUT2D eigenvalue weighted by Gasteiger charge is 2.21. The summed E-state index contributed by atoms with van der Waals surface area (Å²) < 4.78 is 27.1. The molecule has 1 aromatic carbocycles. The van der Waals surface area contributed by atoms with Crippen molar-refractivity contribution in [3.63, 3.8) is 0 Å². The Bertz CT molecular complexity index is 659. The smallest absolute Gasteiger partial charge is 0.179 e. The standard InChI is InChI=1S/C15H14BrF2NOS/c1-9(19(2)7-12-6-11(16)8-21-12)15(20)10-3-4-13(17)14(18)5-10/h3-6,8-9H,7H2,1-2H3. The Labute approximate surface area is 134 Å². The van der Waals surface area contributed by atoms with Gasteiger partial charge in [-0.25, -0.2) is 8.78 Å². The second-order valence-electron chi connectivity index (χ2n) is 4.82. The van der Waals surface area contributed by atoms with E-state index < -0.39 is 17.7 Å². The maximum absolute atomic E-state index is 13.2. The highest BCUT2D eigenvalue weighted by molar-refractivity contribution is 9.10. The molecule has 1 atom stereocenters. The van der Waals surface area contributed by atoms with Gasteiger partial charge < -0.3 is 0 Å². The van der Waals surface area contributed by atoms with E-state index in [-0.39, 0.29) is 11.3 Å². The maximum atomic E-state index is 13.2. The van der Waals surface area contributed by atoms with Crippen molar-refractivity contribution in [3.8, 4) is 0 Å². The van der Waals surface area contributed by atoms with E-state index in [9.17, 15) is 13.6 Å². The molecule has 0 bridgehead atoms. The van der Waals surface area contributed by atoms with Gasteiger partial charge in [0, 0.05) is 26.8 Å². The van der Waals surface area contributed by atoms with E-state index in [1.165, 1.54) is 6.07 Å². The number of thiophene rings is 1. The van der Waals surface area contributed by atoms with Gasteiger partial charge in [-0.2, -0.15) is 0 Å². The van der Waals surface area contributed by atoms with Crippen molar-refractivity contribution in [3.05, 3.63) is 56.2 Å². The molecule has 1 unspecified atom stereocenters. The van der Waals surface area contributed by atoms with Crippen molar-refractivity contribution in [2.45, 2.75) is 19.5 Å². The van der Waals surface area contributed by atoms with Gasteiger partial charge in [-0.15, -0.1) is 11.3 Å². The summed E-state index contributed by atoms with van der Waals surface area (Å²) in [6.45, 7) is 2.37. The SMILES string of the molecule is CC(C(=O)c1ccc(F)c(F)c1)N(C)Cc1cc(Br)cs1. The Morgan fingerprint density at radius 2 is 2.05 bits per heavy atom. The van der Waals surface area contributed by atoms with Gasteiger partial charge in [-0.05, 0) is 54.2 Å². The van der Waals surface area contributed by atoms with E-state index in [4.69, 9.17) is 0 Å². The minimum atomic E-state index is -1.00. The summed E-state index contributed by atoms with van der Waals surface area (Å²) in [6.07, 6.45) is 0. The average Bonchev–Trinajstić information content (AvgIpc) is 2.85. The second-order valence-corrected chi connectivity index (χ2v) is 6.73. The Morgan fingerprint density at radius 3 is 2.62 bits per heavy atom. The van der Waals surface area contributed by atoms with Gasteiger partial charge in [0.1, 0.15) is 0 Å². The van der Waals surface area contributed by atoms with Crippen LogP contribution >= 0.6 is 27.3 Å². The van der Waals surface area contributed by atoms with Crippen molar-refractivity contribution in [2.75, 3.05) is 7.05 Å². The van der Waals surface area contributed by atoms with E-state index in [1.54, 1.807) is 18.3 Å². The number of halogens is 3. The highest BCUT2D eigenvalue weighted by atomic mass is 79.9. The van der Waals surface area contributed by atoms with Gasteiger partial charge in [0.2, 0.25) is 0 Å². The molecule has 2 nitrogen and oxygen atoms in total. The normalized spacial score (nSPS) is 12.7. The molecule has 0 aliphatic carbocycles. The van der Waals surface area contributed by atoms with Crippen LogP contribution in [0.4, 0.5) is 8.78 Å². The number of carbonyl (C=O) groups is 1. The molecule has 1 aromatic heterocycles. The lowest BCUT2D eigenvalue weighted by molar-refractivity contribution is 0.0862. The molecule has 0 amide bonds. The van der Waals surface area contributed by atoms with Crippen LogP contribution in [0, 0.1) is 11.6 Å². The molecule has 0 radical (unpaired) electrons. The number of rotatable bonds is 5. The molecule has 0 spiro atoms. The molecule has 0 saturated heterocycles. The minimum Gasteiger partial charge on any atom is -0.292 e. The Morgan fingerprint density at radius 1 is 1.33 bits per heavy atom. The van der Waals surface area contributed by atoms with Crippen LogP contribution in [0.5, 0.6) is 0 Å². The third-order valence-corrected chi connectivity index (χ3v) is 4.95. The van der Waals surface area contributed by atoms with Crippen LogP contribution in [-0.4, -0.2) is 23.8 Å². The summed E-state index contributed by atoms with van der Waals surface area (Å²) >= 11 is 4.99. The number of carbonyl (C=O) groups excluding carboxylic acids is 1. The van der Waals surface area contributed by atoms with E-state index in [2.05, 4.69) is 15.9 Å². The fraction of sp³-hybridized carbons (Fsp3) is 0.267. The van der Waals surface area contributed by atoms with E-state index in [0.717, 1.165) is 21.5 Å². The molecule has 0 saturated carbocycles. The van der Waals surface area contributed by atoms with Crippen molar-refractivity contribution in [1.82, 2.24) is 4.90 Å². The van der Waals surface area contributed by atoms with E-state index in [0.29, 0.717) is 6.54 Å². The number of nitrogens with zero attached hydrogens (tertiary/aromatic N) is 1. The van der Waals surface area contributed by atoms with Crippen molar-refractivity contribution in [1.29, 1.82) is 0 Å². The molecule has 1 heterocycles. The zero-order valence-corrected chi connectivity index (χ0v) is 14.0. The molecule has 0 fully saturated rings. The van der Waals surface area contributed by atoms with Gasteiger partial charge in [0.15, 0.2) is 17.4 Å². The first-order valence-corrected chi connectivity index (χ1v) is 7.98. The fourth-order valence-corrected chi connectivity index (χ4v) is 3.42. The molecule has 2 aromatic rings. The first kappa shape index (κ1) is 16.3. The zero-order valence-electron chi connectivity index (χ0n) is 11.6. The average molecular weight is 374 g/mol. The summed E-state index contributed by atoms with van der Waals surface area (Å²) in [5.74, 6) is -2.18. The zero-order chi connectivity index (χ0) is 15.6. The minimum absolute atomic E-state index is 0.181. The van der Waals surface area contributed by atoms with Gasteiger partial charge in [0.25, 0.3) is 0 Å². The van der Waals surface area contributed by atoms with E-state index in [1.807, 2.05) is 23.4 Å². The van der Waals surface area contributed by atoms with Crippen LogP contribution < -0.4 is 0 Å². The molecule has 0 aliphatic heterocycles. The monoisotopic (exact) mass is 373 g/mol. The predicted octanol–water partition coefficient (Wildman–Crippen LogP) is 4.49. The molecular formula is C15H14BrF2NOS. The molecular weight excluding hydrogens is 360 g/mol. The molecule has 6 heteroatoms. The van der Waals surface area contributed by atoms with Crippen molar-refractivity contribution in [2.24, 2.45) is 0 Å². The molecule has 0 aliphatic rings.